The van der Waals surface area contributed by atoms with E-state index in [0.29, 0.717) is 18.2 Å². The predicted molar refractivity (Wildman–Crippen MR) is 101 cm³/mol. The van der Waals surface area contributed by atoms with Crippen molar-refractivity contribution in [1.82, 2.24) is 15.3 Å². The van der Waals surface area contributed by atoms with Crippen LogP contribution in [0.15, 0.2) is 36.7 Å². The molecule has 1 aromatic carbocycles. The minimum absolute atomic E-state index is 0.168. The van der Waals surface area contributed by atoms with Crippen molar-refractivity contribution in [3.05, 3.63) is 47.8 Å². The van der Waals surface area contributed by atoms with Crippen LogP contribution in [0.3, 0.4) is 0 Å². The monoisotopic (exact) mass is 354 g/mol. The number of methoxy groups -OCH3 is 1. The summed E-state index contributed by atoms with van der Waals surface area (Å²) in [6.07, 6.45) is 7.95. The number of hydrogen-bond acceptors (Lipinski definition) is 5. The quantitative estimate of drug-likeness (QED) is 0.863. The van der Waals surface area contributed by atoms with E-state index in [0.717, 1.165) is 30.2 Å². The molecule has 26 heavy (non-hydrogen) atoms. The highest BCUT2D eigenvalue weighted by atomic mass is 16.5. The van der Waals surface area contributed by atoms with E-state index in [1.807, 2.05) is 24.3 Å². The Labute approximate surface area is 154 Å². The summed E-state index contributed by atoms with van der Waals surface area (Å²) in [6.45, 7) is 3.64. The van der Waals surface area contributed by atoms with E-state index in [1.54, 1.807) is 19.5 Å². The Morgan fingerprint density at radius 1 is 1.23 bits per heavy atom. The van der Waals surface area contributed by atoms with Gasteiger partial charge in [-0.2, -0.15) is 0 Å². The lowest BCUT2D eigenvalue weighted by molar-refractivity contribution is 0.0950. The lowest BCUT2D eigenvalue weighted by Crippen LogP contribution is -2.40. The molecule has 6 nitrogen and oxygen atoms in total. The predicted octanol–water partition coefficient (Wildman–Crippen LogP) is 3.18. The highest BCUT2D eigenvalue weighted by Gasteiger charge is 2.23. The molecule has 1 unspecified atom stereocenters. The number of amides is 1. The second-order valence-electron chi connectivity index (χ2n) is 6.55. The molecule has 2 heterocycles. The molecule has 6 heteroatoms. The second-order valence-corrected chi connectivity index (χ2v) is 6.55. The third-order valence-corrected chi connectivity index (χ3v) is 4.87. The van der Waals surface area contributed by atoms with Crippen LogP contribution in [0.5, 0.6) is 5.75 Å². The number of carbonyl (C=O) groups excluding carboxylic acids is 1. The summed E-state index contributed by atoms with van der Waals surface area (Å²) in [5.41, 5.74) is 1.49. The highest BCUT2D eigenvalue weighted by molar-refractivity contribution is 5.93. The first-order valence-corrected chi connectivity index (χ1v) is 9.21. The number of rotatable bonds is 6. The maximum Gasteiger partial charge on any atom is 0.254 e. The van der Waals surface area contributed by atoms with Crippen LogP contribution < -0.4 is 15.0 Å². The van der Waals surface area contributed by atoms with Gasteiger partial charge in [0.15, 0.2) is 0 Å². The average molecular weight is 354 g/mol. The van der Waals surface area contributed by atoms with Crippen molar-refractivity contribution < 1.29 is 9.53 Å². The van der Waals surface area contributed by atoms with Crippen molar-refractivity contribution in [2.75, 3.05) is 18.6 Å². The third kappa shape index (κ3) is 4.31. The van der Waals surface area contributed by atoms with E-state index >= 15 is 0 Å². The molecule has 1 aromatic heterocycles. The molecule has 1 aliphatic rings. The van der Waals surface area contributed by atoms with Crippen molar-refractivity contribution in [3.63, 3.8) is 0 Å². The van der Waals surface area contributed by atoms with Gasteiger partial charge in [-0.15, -0.1) is 0 Å². The molecular formula is C20H26N4O2. The molecule has 3 rings (SSSR count). The molecule has 0 aliphatic carbocycles. The largest absolute Gasteiger partial charge is 0.497 e. The number of benzene rings is 1. The molecule has 1 atom stereocenters. The van der Waals surface area contributed by atoms with Crippen molar-refractivity contribution in [3.8, 4) is 5.75 Å². The Hall–Kier alpha value is -2.63. The van der Waals surface area contributed by atoms with E-state index in [1.165, 1.54) is 19.3 Å². The fourth-order valence-corrected chi connectivity index (χ4v) is 3.30. The summed E-state index contributed by atoms with van der Waals surface area (Å²) >= 11 is 0. The molecule has 1 saturated heterocycles. The third-order valence-electron chi connectivity index (χ3n) is 4.87. The SMILES string of the molecule is CCC1CCCCN1c1ncc(C(=O)NCc2ccc(OC)cc2)cn1. The minimum atomic E-state index is -0.168. The molecule has 0 radical (unpaired) electrons. The van der Waals surface area contributed by atoms with Crippen molar-refractivity contribution in [2.24, 2.45) is 0 Å². The summed E-state index contributed by atoms with van der Waals surface area (Å²) in [5, 5.41) is 2.90. The van der Waals surface area contributed by atoms with Crippen LogP contribution >= 0.6 is 0 Å². The van der Waals surface area contributed by atoms with E-state index in [2.05, 4.69) is 27.1 Å². The molecule has 1 aliphatic heterocycles. The molecule has 0 bridgehead atoms. The molecule has 138 valence electrons. The number of hydrogen-bond donors (Lipinski definition) is 1. The number of carbonyl (C=O) groups is 1. The summed E-state index contributed by atoms with van der Waals surface area (Å²) in [7, 11) is 1.63. The first kappa shape index (κ1) is 18.2. The van der Waals surface area contributed by atoms with Gasteiger partial charge >= 0.3 is 0 Å². The fraction of sp³-hybridized carbons (Fsp3) is 0.450. The van der Waals surface area contributed by atoms with E-state index < -0.39 is 0 Å². The number of anilines is 1. The number of aromatic nitrogens is 2. The van der Waals surface area contributed by atoms with Crippen LogP contribution in [-0.4, -0.2) is 35.6 Å². The van der Waals surface area contributed by atoms with Crippen LogP contribution in [0.1, 0.15) is 48.5 Å². The van der Waals surface area contributed by atoms with Gasteiger partial charge in [0.05, 0.1) is 12.7 Å². The van der Waals surface area contributed by atoms with Crippen LogP contribution in [0, 0.1) is 0 Å². The van der Waals surface area contributed by atoms with Gasteiger partial charge in [-0.3, -0.25) is 4.79 Å². The van der Waals surface area contributed by atoms with Gasteiger partial charge in [0.2, 0.25) is 5.95 Å². The lowest BCUT2D eigenvalue weighted by Gasteiger charge is -2.35. The molecular weight excluding hydrogens is 328 g/mol. The summed E-state index contributed by atoms with van der Waals surface area (Å²) in [6, 6.07) is 8.11. The van der Waals surface area contributed by atoms with Crippen molar-refractivity contribution >= 4 is 11.9 Å². The van der Waals surface area contributed by atoms with Crippen LogP contribution in [0.4, 0.5) is 5.95 Å². The molecule has 1 amide bonds. The van der Waals surface area contributed by atoms with E-state index in [-0.39, 0.29) is 5.91 Å². The Morgan fingerprint density at radius 3 is 2.62 bits per heavy atom. The first-order chi connectivity index (χ1) is 12.7. The molecule has 1 fully saturated rings. The summed E-state index contributed by atoms with van der Waals surface area (Å²) in [5.74, 6) is 1.36. The van der Waals surface area contributed by atoms with Gasteiger partial charge < -0.3 is 15.0 Å². The Balaban J connectivity index is 1.59. The molecule has 2 aromatic rings. The van der Waals surface area contributed by atoms with Gasteiger partial charge in [0.25, 0.3) is 5.91 Å². The van der Waals surface area contributed by atoms with Crippen LogP contribution in [0.25, 0.3) is 0 Å². The smallest absolute Gasteiger partial charge is 0.254 e. The van der Waals surface area contributed by atoms with Crippen LogP contribution in [-0.2, 0) is 6.54 Å². The number of nitrogens with zero attached hydrogens (tertiary/aromatic N) is 3. The minimum Gasteiger partial charge on any atom is -0.497 e. The second kappa shape index (κ2) is 8.65. The van der Waals surface area contributed by atoms with Gasteiger partial charge in [-0.1, -0.05) is 19.1 Å². The number of nitrogens with one attached hydrogen (secondary N) is 1. The van der Waals surface area contributed by atoms with E-state index in [9.17, 15) is 4.79 Å². The highest BCUT2D eigenvalue weighted by Crippen LogP contribution is 2.23. The standard InChI is InChI=1S/C20H26N4O2/c1-3-17-6-4-5-11-24(17)20-22-13-16(14-23-20)19(25)21-12-15-7-9-18(26-2)10-8-15/h7-10,13-14,17H,3-6,11-12H2,1-2H3,(H,21,25). The van der Waals surface area contributed by atoms with Crippen LogP contribution in [0.2, 0.25) is 0 Å². The number of piperidine rings is 1. The zero-order valence-corrected chi connectivity index (χ0v) is 15.4. The van der Waals surface area contributed by atoms with E-state index in [4.69, 9.17) is 4.74 Å². The maximum atomic E-state index is 12.3. The Morgan fingerprint density at radius 2 is 1.96 bits per heavy atom. The first-order valence-electron chi connectivity index (χ1n) is 9.21. The summed E-state index contributed by atoms with van der Waals surface area (Å²) < 4.78 is 5.13. The summed E-state index contributed by atoms with van der Waals surface area (Å²) in [4.78, 5) is 23.5. The Bertz CT molecular complexity index is 716. The molecule has 0 spiro atoms. The zero-order chi connectivity index (χ0) is 18.4. The fourth-order valence-electron chi connectivity index (χ4n) is 3.30. The van der Waals surface area contributed by atoms with Gasteiger partial charge in [0.1, 0.15) is 5.75 Å². The normalized spacial score (nSPS) is 17.0. The maximum absolute atomic E-state index is 12.3. The van der Waals surface area contributed by atoms with Gasteiger partial charge in [-0.05, 0) is 43.4 Å². The van der Waals surface area contributed by atoms with Crippen molar-refractivity contribution in [1.29, 1.82) is 0 Å². The average Bonchev–Trinajstić information content (AvgIpc) is 2.72. The number of ether oxygens (including phenoxy) is 1. The topological polar surface area (TPSA) is 67.4 Å². The zero-order valence-electron chi connectivity index (χ0n) is 15.4. The van der Waals surface area contributed by atoms with Gasteiger partial charge in [-0.25, -0.2) is 9.97 Å². The lowest BCUT2D eigenvalue weighted by atomic mass is 10.0. The van der Waals surface area contributed by atoms with Gasteiger partial charge in [0, 0.05) is 31.5 Å². The molecule has 0 saturated carbocycles. The molecule has 1 N–H and O–H groups in total. The van der Waals surface area contributed by atoms with Crippen molar-refractivity contribution in [2.45, 2.75) is 45.2 Å². The Kier molecular flexibility index (Phi) is 6.04.